The van der Waals surface area contributed by atoms with E-state index in [9.17, 15) is 0 Å². The Bertz CT molecular complexity index is 1070. The molecule has 0 fully saturated rings. The number of nitrogens with two attached hydrogens (primary N) is 1. The van der Waals surface area contributed by atoms with Gasteiger partial charge in [0, 0.05) is 5.69 Å². The van der Waals surface area contributed by atoms with E-state index < -0.39 is 0 Å². The summed E-state index contributed by atoms with van der Waals surface area (Å²) in [5.41, 5.74) is 11.6. The third-order valence-electron chi connectivity index (χ3n) is 4.06. The Morgan fingerprint density at radius 1 is 1.04 bits per heavy atom. The summed E-state index contributed by atoms with van der Waals surface area (Å²) in [6.07, 6.45) is 1.47. The monoisotopic (exact) mass is 331 g/mol. The van der Waals surface area contributed by atoms with Gasteiger partial charge < -0.3 is 11.1 Å². The van der Waals surface area contributed by atoms with Gasteiger partial charge in [0.25, 0.3) is 0 Å². The van der Waals surface area contributed by atoms with Gasteiger partial charge in [-0.1, -0.05) is 29.5 Å². The Labute approximate surface area is 144 Å². The SMILES string of the molecule is Cc1ccc(C)c(Nc2ncnc(-n3nnc4ccccc43)c2N)c1. The summed E-state index contributed by atoms with van der Waals surface area (Å²) in [6, 6.07) is 13.8. The smallest absolute Gasteiger partial charge is 0.184 e. The normalized spacial score (nSPS) is 11.0. The molecule has 2 aromatic carbocycles. The topological polar surface area (TPSA) is 94.5 Å². The van der Waals surface area contributed by atoms with Crippen molar-refractivity contribution in [1.82, 2.24) is 25.0 Å². The van der Waals surface area contributed by atoms with E-state index >= 15 is 0 Å². The molecule has 0 aliphatic rings. The van der Waals surface area contributed by atoms with Crippen LogP contribution in [0.3, 0.4) is 0 Å². The van der Waals surface area contributed by atoms with Crippen molar-refractivity contribution in [1.29, 1.82) is 0 Å². The second kappa shape index (κ2) is 5.86. The molecule has 2 aromatic heterocycles. The lowest BCUT2D eigenvalue weighted by Crippen LogP contribution is -2.09. The van der Waals surface area contributed by atoms with E-state index in [2.05, 4.69) is 43.8 Å². The second-order valence-electron chi connectivity index (χ2n) is 5.89. The maximum Gasteiger partial charge on any atom is 0.184 e. The number of hydrogen-bond acceptors (Lipinski definition) is 6. The van der Waals surface area contributed by atoms with Gasteiger partial charge >= 0.3 is 0 Å². The molecular formula is C18H17N7. The third kappa shape index (κ3) is 2.65. The number of nitrogens with zero attached hydrogens (tertiary/aromatic N) is 5. The Balaban J connectivity index is 1.79. The Kier molecular flexibility index (Phi) is 3.53. The van der Waals surface area contributed by atoms with E-state index in [1.807, 2.05) is 38.1 Å². The Hall–Kier alpha value is -3.48. The van der Waals surface area contributed by atoms with Crippen molar-refractivity contribution in [3.63, 3.8) is 0 Å². The largest absolute Gasteiger partial charge is 0.393 e. The molecule has 3 N–H and O–H groups in total. The molecule has 0 spiro atoms. The van der Waals surface area contributed by atoms with Gasteiger partial charge in [0.15, 0.2) is 11.6 Å². The number of fused-ring (bicyclic) bond motifs is 1. The maximum absolute atomic E-state index is 6.33. The van der Waals surface area contributed by atoms with Gasteiger partial charge in [0.1, 0.15) is 17.5 Å². The minimum Gasteiger partial charge on any atom is -0.393 e. The molecule has 4 rings (SSSR count). The zero-order chi connectivity index (χ0) is 17.4. The molecule has 0 aliphatic heterocycles. The highest BCUT2D eigenvalue weighted by Crippen LogP contribution is 2.28. The summed E-state index contributed by atoms with van der Waals surface area (Å²) in [4.78, 5) is 8.58. The quantitative estimate of drug-likeness (QED) is 0.599. The number of hydrogen-bond donors (Lipinski definition) is 2. The summed E-state index contributed by atoms with van der Waals surface area (Å²) >= 11 is 0. The summed E-state index contributed by atoms with van der Waals surface area (Å²) in [5.74, 6) is 1.04. The lowest BCUT2D eigenvalue weighted by molar-refractivity contribution is 0.800. The molecule has 0 unspecified atom stereocenters. The molecule has 0 atom stereocenters. The number of para-hydroxylation sites is 1. The van der Waals surface area contributed by atoms with Gasteiger partial charge in [0.05, 0.1) is 5.52 Å². The first-order valence-electron chi connectivity index (χ1n) is 7.89. The van der Waals surface area contributed by atoms with Gasteiger partial charge in [-0.25, -0.2) is 9.97 Å². The van der Waals surface area contributed by atoms with Crippen LogP contribution in [-0.4, -0.2) is 25.0 Å². The number of rotatable bonds is 3. The Morgan fingerprint density at radius 3 is 2.76 bits per heavy atom. The molecule has 0 saturated heterocycles. The van der Waals surface area contributed by atoms with Crippen molar-refractivity contribution in [2.75, 3.05) is 11.1 Å². The van der Waals surface area contributed by atoms with Crippen LogP contribution in [0.4, 0.5) is 17.2 Å². The van der Waals surface area contributed by atoms with Gasteiger partial charge in [0.2, 0.25) is 0 Å². The molecule has 0 amide bonds. The molecule has 124 valence electrons. The van der Waals surface area contributed by atoms with Crippen LogP contribution in [0.25, 0.3) is 16.9 Å². The molecule has 0 bridgehead atoms. The van der Waals surface area contributed by atoms with Gasteiger partial charge in [-0.2, -0.15) is 4.68 Å². The van der Waals surface area contributed by atoms with Crippen molar-refractivity contribution in [3.8, 4) is 5.82 Å². The highest BCUT2D eigenvalue weighted by molar-refractivity contribution is 5.80. The van der Waals surface area contributed by atoms with Crippen LogP contribution >= 0.6 is 0 Å². The zero-order valence-corrected chi connectivity index (χ0v) is 13.9. The minimum atomic E-state index is 0.416. The highest BCUT2D eigenvalue weighted by Gasteiger charge is 2.14. The van der Waals surface area contributed by atoms with Crippen LogP contribution in [0, 0.1) is 13.8 Å². The lowest BCUT2D eigenvalue weighted by Gasteiger charge is -2.13. The van der Waals surface area contributed by atoms with Crippen molar-refractivity contribution in [2.24, 2.45) is 0 Å². The molecule has 2 heterocycles. The number of aromatic nitrogens is 5. The predicted molar refractivity (Wildman–Crippen MR) is 98.1 cm³/mol. The van der Waals surface area contributed by atoms with Crippen molar-refractivity contribution in [3.05, 3.63) is 59.9 Å². The summed E-state index contributed by atoms with van der Waals surface area (Å²) < 4.78 is 1.63. The molecule has 0 radical (unpaired) electrons. The number of nitrogen functional groups attached to an aromatic ring is 1. The van der Waals surface area contributed by atoms with Crippen molar-refractivity contribution < 1.29 is 0 Å². The molecule has 7 heteroatoms. The van der Waals surface area contributed by atoms with Gasteiger partial charge in [-0.3, -0.25) is 0 Å². The van der Waals surface area contributed by atoms with E-state index in [1.54, 1.807) is 4.68 Å². The van der Waals surface area contributed by atoms with E-state index in [1.165, 1.54) is 6.33 Å². The minimum absolute atomic E-state index is 0.416. The van der Waals surface area contributed by atoms with Crippen LogP contribution in [0.15, 0.2) is 48.8 Å². The van der Waals surface area contributed by atoms with Crippen molar-refractivity contribution >= 4 is 28.2 Å². The van der Waals surface area contributed by atoms with E-state index in [0.717, 1.165) is 27.8 Å². The first kappa shape index (κ1) is 15.1. The number of anilines is 3. The van der Waals surface area contributed by atoms with Crippen LogP contribution in [-0.2, 0) is 0 Å². The first-order valence-corrected chi connectivity index (χ1v) is 7.89. The van der Waals surface area contributed by atoms with Crippen LogP contribution < -0.4 is 11.1 Å². The van der Waals surface area contributed by atoms with Gasteiger partial charge in [-0.05, 0) is 43.2 Å². The fourth-order valence-electron chi connectivity index (χ4n) is 2.68. The van der Waals surface area contributed by atoms with E-state index in [4.69, 9.17) is 5.73 Å². The second-order valence-corrected chi connectivity index (χ2v) is 5.89. The average Bonchev–Trinajstić information content (AvgIpc) is 3.04. The fourth-order valence-corrected chi connectivity index (χ4v) is 2.68. The van der Waals surface area contributed by atoms with E-state index in [-0.39, 0.29) is 0 Å². The summed E-state index contributed by atoms with van der Waals surface area (Å²) in [7, 11) is 0. The molecule has 0 aliphatic carbocycles. The average molecular weight is 331 g/mol. The molecule has 25 heavy (non-hydrogen) atoms. The van der Waals surface area contributed by atoms with E-state index in [0.29, 0.717) is 17.3 Å². The van der Waals surface area contributed by atoms with Crippen LogP contribution in [0.1, 0.15) is 11.1 Å². The standard InChI is InChI=1S/C18H17N7/c1-11-7-8-12(2)14(9-11)22-17-16(19)18(21-10-20-17)25-15-6-4-3-5-13(15)23-24-25/h3-10H,19H2,1-2H3,(H,20,21,22). The molecule has 0 saturated carbocycles. The van der Waals surface area contributed by atoms with Crippen molar-refractivity contribution in [2.45, 2.75) is 13.8 Å². The number of aryl methyl sites for hydroxylation is 2. The first-order chi connectivity index (χ1) is 12.1. The van der Waals surface area contributed by atoms with Gasteiger partial charge in [-0.15, -0.1) is 5.10 Å². The highest BCUT2D eigenvalue weighted by atomic mass is 15.4. The van der Waals surface area contributed by atoms with Crippen LogP contribution in [0.5, 0.6) is 0 Å². The van der Waals surface area contributed by atoms with Crippen LogP contribution in [0.2, 0.25) is 0 Å². The number of nitrogens with one attached hydrogen (secondary N) is 1. The summed E-state index contributed by atoms with van der Waals surface area (Å²) in [6.45, 7) is 4.08. The maximum atomic E-state index is 6.33. The molecule has 7 nitrogen and oxygen atoms in total. The Morgan fingerprint density at radius 2 is 1.88 bits per heavy atom. The predicted octanol–water partition coefficient (Wildman–Crippen LogP) is 3.15. The fraction of sp³-hybridized carbons (Fsp3) is 0.111. The number of benzene rings is 2. The zero-order valence-electron chi connectivity index (χ0n) is 13.9. The molecule has 4 aromatic rings. The molecular weight excluding hydrogens is 314 g/mol. The lowest BCUT2D eigenvalue weighted by atomic mass is 10.1. The third-order valence-corrected chi connectivity index (χ3v) is 4.06. The summed E-state index contributed by atoms with van der Waals surface area (Å²) in [5, 5.41) is 11.6.